The van der Waals surface area contributed by atoms with E-state index in [2.05, 4.69) is 4.98 Å². The molecule has 0 aliphatic carbocycles. The van der Waals surface area contributed by atoms with Crippen molar-refractivity contribution in [2.75, 3.05) is 0 Å². The number of rotatable bonds is 0. The van der Waals surface area contributed by atoms with Crippen LogP contribution in [0.3, 0.4) is 0 Å². The van der Waals surface area contributed by atoms with E-state index in [0.717, 1.165) is 5.41 Å². The monoisotopic (exact) mass is 197 g/mol. The Bertz CT molecular complexity index is 266. The molecule has 0 aromatic carbocycles. The maximum absolute atomic E-state index is 11.9. The molecule has 0 spiro atoms. The molecule has 3 N–H and O–H groups in total. The number of hydrogen-bond donors (Lipinski definition) is 2. The van der Waals surface area contributed by atoms with Gasteiger partial charge in [-0.05, 0) is 0 Å². The summed E-state index contributed by atoms with van der Waals surface area (Å²) in [6.45, 7) is 0. The molecule has 0 radical (unpaired) electrons. The van der Waals surface area contributed by atoms with Gasteiger partial charge in [-0.3, -0.25) is 5.32 Å². The van der Waals surface area contributed by atoms with E-state index < -0.39 is 17.0 Å². The molecule has 0 amide bonds. The number of thioether (sulfide) groups is 1. The molecule has 1 rings (SSSR count). The molecule has 1 heterocycles. The van der Waals surface area contributed by atoms with E-state index in [-0.39, 0.29) is 0 Å². The van der Waals surface area contributed by atoms with Crippen molar-refractivity contribution < 1.29 is 13.2 Å². The number of hydrogen-bond acceptors (Lipinski definition) is 4. The Morgan fingerprint density at radius 3 is 2.50 bits per heavy atom. The lowest BCUT2D eigenvalue weighted by atomic mass is 10.5. The fourth-order valence-corrected chi connectivity index (χ4v) is 1.29. The van der Waals surface area contributed by atoms with Crippen LogP contribution in [0.4, 0.5) is 13.2 Å². The van der Waals surface area contributed by atoms with Crippen LogP contribution in [-0.4, -0.2) is 11.3 Å². The van der Waals surface area contributed by atoms with Crippen LogP contribution in [-0.2, 0) is 0 Å². The van der Waals surface area contributed by atoms with Crippen molar-refractivity contribution in [1.82, 2.24) is 5.32 Å². The van der Waals surface area contributed by atoms with E-state index in [0.29, 0.717) is 11.8 Å². The summed E-state index contributed by atoms with van der Waals surface area (Å²) in [5, 5.41) is 9.00. The number of diazo groups is 1. The van der Waals surface area contributed by atoms with Crippen LogP contribution < -0.4 is 11.1 Å². The Kier molecular flexibility index (Phi) is 1.93. The molecule has 1 aliphatic rings. The van der Waals surface area contributed by atoms with E-state index in [1.165, 1.54) is 0 Å². The predicted molar refractivity (Wildman–Crippen MR) is 36.9 cm³/mol. The Labute approximate surface area is 69.6 Å². The summed E-state index contributed by atoms with van der Waals surface area (Å²) in [6, 6.07) is 0. The van der Waals surface area contributed by atoms with Crippen LogP contribution in [0.5, 0.6) is 0 Å². The molecular formula is C4H4F3N4S+. The zero-order chi connectivity index (χ0) is 9.41. The first-order valence-electron chi connectivity index (χ1n) is 2.76. The molecule has 0 bridgehead atoms. The molecule has 1 aliphatic heterocycles. The molecule has 1 unspecified atom stereocenters. The van der Waals surface area contributed by atoms with Crippen molar-refractivity contribution in [2.24, 2.45) is 5.73 Å². The minimum absolute atomic E-state index is 0.548. The fraction of sp³-hybridized carbons (Fsp3) is 0.500. The zero-order valence-corrected chi connectivity index (χ0v) is 6.41. The molecule has 0 fully saturated rings. The van der Waals surface area contributed by atoms with E-state index in [9.17, 15) is 13.2 Å². The molecule has 66 valence electrons. The Morgan fingerprint density at radius 1 is 1.67 bits per heavy atom. The van der Waals surface area contributed by atoms with Crippen molar-refractivity contribution in [3.8, 4) is 0 Å². The van der Waals surface area contributed by atoms with Crippen LogP contribution in [0.25, 0.3) is 4.98 Å². The topological polar surface area (TPSA) is 66.2 Å². The molecule has 1 atom stereocenters. The Balaban J connectivity index is 2.75. The minimum Gasteiger partial charge on any atom is -0.279 e. The highest BCUT2D eigenvalue weighted by molar-refractivity contribution is 8.03. The third-order valence-corrected chi connectivity index (χ3v) is 2.02. The van der Waals surface area contributed by atoms with Gasteiger partial charge in [0.05, 0.1) is 0 Å². The van der Waals surface area contributed by atoms with Crippen LogP contribution >= 0.6 is 11.8 Å². The predicted octanol–water partition coefficient (Wildman–Crippen LogP) is 1.15. The maximum Gasteiger partial charge on any atom is 0.506 e. The van der Waals surface area contributed by atoms with Gasteiger partial charge in [0.25, 0.3) is 0 Å². The van der Waals surface area contributed by atoms with Gasteiger partial charge in [-0.1, -0.05) is 0 Å². The summed E-state index contributed by atoms with van der Waals surface area (Å²) in [4.78, 5) is 2.56. The average molecular weight is 197 g/mol. The summed E-state index contributed by atoms with van der Waals surface area (Å²) in [6.07, 6.45) is -4.49. The largest absolute Gasteiger partial charge is 0.506 e. The highest BCUT2D eigenvalue weighted by Crippen LogP contribution is 2.36. The quantitative estimate of drug-likeness (QED) is 0.571. The summed E-state index contributed by atoms with van der Waals surface area (Å²) in [7, 11) is 0. The third kappa shape index (κ3) is 1.62. The lowest BCUT2D eigenvalue weighted by Crippen LogP contribution is -2.45. The van der Waals surface area contributed by atoms with Gasteiger partial charge in [0.1, 0.15) is 5.70 Å². The number of nitrogens with zero attached hydrogens (tertiary/aromatic N) is 2. The van der Waals surface area contributed by atoms with Crippen LogP contribution in [0, 0.1) is 5.39 Å². The normalized spacial score (nSPS) is 29.1. The summed E-state index contributed by atoms with van der Waals surface area (Å²) >= 11 is 0.548. The minimum atomic E-state index is -4.49. The van der Waals surface area contributed by atoms with E-state index in [1.54, 1.807) is 0 Å². The summed E-state index contributed by atoms with van der Waals surface area (Å²) in [5.41, 5.74) is 4.12. The van der Waals surface area contributed by atoms with Gasteiger partial charge < -0.3 is 0 Å². The molecule has 8 heteroatoms. The second kappa shape index (κ2) is 2.53. The molecular weight excluding hydrogens is 193 g/mol. The van der Waals surface area contributed by atoms with E-state index >= 15 is 0 Å². The standard InChI is InChI=1S/C4H4F3N4S/c5-3(6,7)2-1-12-4(8,10-2)11-9/h1,10H,8H2/q+1. The Hall–Kier alpha value is -0.940. The number of nitrogens with two attached hydrogens (primary N) is 1. The maximum atomic E-state index is 11.9. The first kappa shape index (κ1) is 9.15. The fourth-order valence-electron chi connectivity index (χ4n) is 0.587. The zero-order valence-electron chi connectivity index (χ0n) is 5.59. The van der Waals surface area contributed by atoms with Gasteiger partial charge >= 0.3 is 11.3 Å². The van der Waals surface area contributed by atoms with Crippen LogP contribution in [0.1, 0.15) is 0 Å². The first-order valence-corrected chi connectivity index (χ1v) is 3.64. The van der Waals surface area contributed by atoms with Crippen LogP contribution in [0.15, 0.2) is 11.1 Å². The van der Waals surface area contributed by atoms with E-state index in [4.69, 9.17) is 11.1 Å². The Morgan fingerprint density at radius 2 is 2.25 bits per heavy atom. The van der Waals surface area contributed by atoms with Gasteiger partial charge in [-0.25, -0.2) is 5.73 Å². The van der Waals surface area contributed by atoms with Crippen molar-refractivity contribution in [3.63, 3.8) is 0 Å². The molecule has 0 aromatic heterocycles. The van der Waals surface area contributed by atoms with Gasteiger partial charge in [0.2, 0.25) is 5.39 Å². The van der Waals surface area contributed by atoms with Gasteiger partial charge in [0.15, 0.2) is 4.98 Å². The second-order valence-corrected chi connectivity index (χ2v) is 3.16. The highest BCUT2D eigenvalue weighted by Gasteiger charge is 2.51. The average Bonchev–Trinajstić information content (AvgIpc) is 2.32. The van der Waals surface area contributed by atoms with Crippen molar-refractivity contribution >= 4 is 11.8 Å². The number of allylic oxidation sites excluding steroid dienone is 1. The molecule has 4 nitrogen and oxygen atoms in total. The molecule has 12 heavy (non-hydrogen) atoms. The first-order chi connectivity index (χ1) is 5.37. The second-order valence-electron chi connectivity index (χ2n) is 2.07. The van der Waals surface area contributed by atoms with Gasteiger partial charge in [-0.15, -0.1) is 0 Å². The van der Waals surface area contributed by atoms with Crippen LogP contribution in [0.2, 0.25) is 0 Å². The molecule has 0 saturated heterocycles. The third-order valence-electron chi connectivity index (χ3n) is 1.12. The van der Waals surface area contributed by atoms with Crippen molar-refractivity contribution in [1.29, 1.82) is 5.39 Å². The summed E-state index contributed by atoms with van der Waals surface area (Å²) < 4.78 is 35.8. The van der Waals surface area contributed by atoms with Gasteiger partial charge in [-0.2, -0.15) is 13.2 Å². The number of halogens is 3. The SMILES string of the molecule is N#[N+]C1(N)NC(C(F)(F)F)=CS1. The lowest BCUT2D eigenvalue weighted by Gasteiger charge is -2.08. The van der Waals surface area contributed by atoms with Crippen molar-refractivity contribution in [3.05, 3.63) is 16.1 Å². The number of nitrogens with one attached hydrogen (secondary N) is 1. The summed E-state index contributed by atoms with van der Waals surface area (Å²) in [5.74, 6) is 0. The lowest BCUT2D eigenvalue weighted by molar-refractivity contribution is -0.0969. The smallest absolute Gasteiger partial charge is 0.279 e. The number of alkyl halides is 3. The van der Waals surface area contributed by atoms with Crippen molar-refractivity contribution in [2.45, 2.75) is 11.3 Å². The highest BCUT2D eigenvalue weighted by atomic mass is 32.2. The molecule has 0 saturated carbocycles. The van der Waals surface area contributed by atoms with E-state index in [1.807, 2.05) is 5.32 Å². The van der Waals surface area contributed by atoms with Gasteiger partial charge in [0, 0.05) is 17.2 Å². The molecule has 0 aromatic rings.